The van der Waals surface area contributed by atoms with Gasteiger partial charge in [0, 0.05) is 42.5 Å². The van der Waals surface area contributed by atoms with Gasteiger partial charge < -0.3 is 10.1 Å². The second kappa shape index (κ2) is 9.96. The standard InChI is InChI=1S/C25H26ClF3N2O4S/c26-19-4-3-16(25(32)30-17-12-20(27)23(29)21(28)13-17)11-22(19)36(33,34)18-9-14-1-2-15(10-18)24(14)31-5-7-35-8-6-31/h3-4,11-15,18,24H,1-2,5-10H2,(H,30,32)/t14?,15?,18-,24+. The number of benzene rings is 2. The summed E-state index contributed by atoms with van der Waals surface area (Å²) < 4.78 is 73.1. The SMILES string of the molecule is O=C(Nc1cc(F)c(F)c(F)c1)c1ccc(Cl)c(S(=O)(=O)[C@H]2CC3CCC(C2)[C@@H]3N2CCOCC2)c1. The molecule has 6 nitrogen and oxygen atoms in total. The number of nitrogens with zero attached hydrogens (tertiary/aromatic N) is 1. The summed E-state index contributed by atoms with van der Waals surface area (Å²) in [6.07, 6.45) is 3.03. The van der Waals surface area contributed by atoms with Gasteiger partial charge in [-0.1, -0.05) is 11.6 Å². The third kappa shape index (κ3) is 4.76. The van der Waals surface area contributed by atoms with E-state index < -0.39 is 38.4 Å². The minimum absolute atomic E-state index is 0.00747. The molecule has 2 saturated carbocycles. The van der Waals surface area contributed by atoms with Crippen LogP contribution in [0.1, 0.15) is 36.0 Å². The largest absolute Gasteiger partial charge is 0.379 e. The number of sulfone groups is 1. The lowest BCUT2D eigenvalue weighted by atomic mass is 9.82. The lowest BCUT2D eigenvalue weighted by molar-refractivity contribution is -0.0106. The predicted molar refractivity (Wildman–Crippen MR) is 128 cm³/mol. The normalized spacial score (nSPS) is 26.7. The zero-order valence-electron chi connectivity index (χ0n) is 19.4. The molecule has 2 aliphatic carbocycles. The summed E-state index contributed by atoms with van der Waals surface area (Å²) in [5, 5.41) is 1.67. The van der Waals surface area contributed by atoms with E-state index in [1.807, 2.05) is 0 Å². The van der Waals surface area contributed by atoms with Crippen LogP contribution in [0.25, 0.3) is 0 Å². The second-order valence-corrected chi connectivity index (χ2v) is 12.3. The van der Waals surface area contributed by atoms with Crippen LogP contribution in [0, 0.1) is 29.3 Å². The Morgan fingerprint density at radius 2 is 1.61 bits per heavy atom. The van der Waals surface area contributed by atoms with Crippen molar-refractivity contribution < 1.29 is 31.1 Å². The van der Waals surface area contributed by atoms with E-state index in [-0.39, 0.29) is 33.0 Å². The Labute approximate surface area is 212 Å². The maximum atomic E-state index is 13.7. The maximum Gasteiger partial charge on any atom is 0.255 e. The summed E-state index contributed by atoms with van der Waals surface area (Å²) in [6, 6.07) is 5.50. The molecule has 3 fully saturated rings. The van der Waals surface area contributed by atoms with Crippen molar-refractivity contribution in [1.82, 2.24) is 4.90 Å². The van der Waals surface area contributed by atoms with Crippen molar-refractivity contribution >= 4 is 33.0 Å². The zero-order valence-corrected chi connectivity index (χ0v) is 20.9. The van der Waals surface area contributed by atoms with Crippen LogP contribution in [0.3, 0.4) is 0 Å². The van der Waals surface area contributed by atoms with Gasteiger partial charge in [-0.25, -0.2) is 21.6 Å². The van der Waals surface area contributed by atoms with Crippen molar-refractivity contribution in [2.75, 3.05) is 31.6 Å². The fourth-order valence-corrected chi connectivity index (χ4v) is 8.47. The number of ether oxygens (including phenoxy) is 1. The van der Waals surface area contributed by atoms with Crippen molar-refractivity contribution in [2.45, 2.75) is 41.9 Å². The van der Waals surface area contributed by atoms with Gasteiger partial charge in [0.05, 0.1) is 28.4 Å². The van der Waals surface area contributed by atoms with Gasteiger partial charge in [-0.3, -0.25) is 9.69 Å². The molecule has 194 valence electrons. The molecule has 2 aromatic rings. The van der Waals surface area contributed by atoms with E-state index in [4.69, 9.17) is 16.3 Å². The molecule has 0 radical (unpaired) electrons. The van der Waals surface area contributed by atoms with E-state index in [1.54, 1.807) is 0 Å². The molecule has 2 unspecified atom stereocenters. The van der Waals surface area contributed by atoms with Crippen LogP contribution >= 0.6 is 11.6 Å². The minimum Gasteiger partial charge on any atom is -0.379 e. The number of amides is 1. The van der Waals surface area contributed by atoms with Gasteiger partial charge in [0.2, 0.25) is 0 Å². The first-order chi connectivity index (χ1) is 17.1. The number of carbonyl (C=O) groups is 1. The first-order valence-corrected chi connectivity index (χ1v) is 13.9. The van der Waals surface area contributed by atoms with E-state index in [0.717, 1.165) is 25.9 Å². The van der Waals surface area contributed by atoms with Crippen LogP contribution in [0.2, 0.25) is 5.02 Å². The molecular weight excluding hydrogens is 517 g/mol. The molecule has 1 N–H and O–H groups in total. The third-order valence-electron chi connectivity index (χ3n) is 7.65. The van der Waals surface area contributed by atoms with E-state index in [1.165, 1.54) is 18.2 Å². The van der Waals surface area contributed by atoms with E-state index in [0.29, 0.717) is 44.2 Å². The molecule has 0 spiro atoms. The lowest BCUT2D eigenvalue weighted by Crippen LogP contribution is -2.51. The molecule has 2 atom stereocenters. The van der Waals surface area contributed by atoms with Gasteiger partial charge in [0.15, 0.2) is 27.3 Å². The Morgan fingerprint density at radius 3 is 2.22 bits per heavy atom. The maximum absolute atomic E-state index is 13.7. The summed E-state index contributed by atoms with van der Waals surface area (Å²) in [4.78, 5) is 15.0. The molecule has 1 aliphatic heterocycles. The van der Waals surface area contributed by atoms with Gasteiger partial charge in [0.25, 0.3) is 5.91 Å². The smallest absolute Gasteiger partial charge is 0.255 e. The van der Waals surface area contributed by atoms with Gasteiger partial charge in [0.1, 0.15) is 0 Å². The van der Waals surface area contributed by atoms with Gasteiger partial charge in [-0.2, -0.15) is 0 Å². The van der Waals surface area contributed by atoms with E-state index in [9.17, 15) is 26.4 Å². The molecule has 1 amide bonds. The third-order valence-corrected chi connectivity index (χ3v) is 10.3. The molecule has 5 rings (SSSR count). The number of hydrogen-bond donors (Lipinski definition) is 1. The summed E-state index contributed by atoms with van der Waals surface area (Å²) in [5.74, 6) is -4.81. The number of anilines is 1. The molecule has 2 aromatic carbocycles. The number of nitrogens with one attached hydrogen (secondary N) is 1. The number of morpholine rings is 1. The number of rotatable bonds is 5. The van der Waals surface area contributed by atoms with Gasteiger partial charge in [-0.15, -0.1) is 0 Å². The number of hydrogen-bond acceptors (Lipinski definition) is 5. The minimum atomic E-state index is -3.85. The highest BCUT2D eigenvalue weighted by Gasteiger charge is 2.49. The Bertz CT molecular complexity index is 1250. The number of fused-ring (bicyclic) bond motifs is 2. The highest BCUT2D eigenvalue weighted by Crippen LogP contribution is 2.48. The summed E-state index contributed by atoms with van der Waals surface area (Å²) in [7, 11) is -3.85. The highest BCUT2D eigenvalue weighted by molar-refractivity contribution is 7.92. The molecule has 1 saturated heterocycles. The Kier molecular flexibility index (Phi) is 7.06. The first-order valence-electron chi connectivity index (χ1n) is 12.0. The quantitative estimate of drug-likeness (QED) is 0.556. The zero-order chi connectivity index (χ0) is 25.6. The molecule has 0 aromatic heterocycles. The summed E-state index contributed by atoms with van der Waals surface area (Å²) in [5.41, 5.74) is -0.346. The molecule has 36 heavy (non-hydrogen) atoms. The van der Waals surface area contributed by atoms with E-state index in [2.05, 4.69) is 10.2 Å². The van der Waals surface area contributed by atoms with Crippen LogP contribution in [0.4, 0.5) is 18.9 Å². The van der Waals surface area contributed by atoms with Crippen LogP contribution in [0.5, 0.6) is 0 Å². The predicted octanol–water partition coefficient (Wildman–Crippen LogP) is 4.67. The number of halogens is 4. The molecule has 1 heterocycles. The monoisotopic (exact) mass is 542 g/mol. The highest BCUT2D eigenvalue weighted by atomic mass is 35.5. The van der Waals surface area contributed by atoms with Crippen molar-refractivity contribution in [3.63, 3.8) is 0 Å². The lowest BCUT2D eigenvalue weighted by Gasteiger charge is -2.43. The Balaban J connectivity index is 1.36. The van der Waals surface area contributed by atoms with E-state index >= 15 is 0 Å². The van der Waals surface area contributed by atoms with Gasteiger partial charge in [-0.05, 0) is 55.7 Å². The average molecular weight is 543 g/mol. The van der Waals surface area contributed by atoms with Crippen LogP contribution in [-0.2, 0) is 14.6 Å². The van der Waals surface area contributed by atoms with Crippen molar-refractivity contribution in [3.8, 4) is 0 Å². The van der Waals surface area contributed by atoms with Crippen LogP contribution < -0.4 is 5.32 Å². The van der Waals surface area contributed by atoms with Crippen molar-refractivity contribution in [2.24, 2.45) is 11.8 Å². The molecule has 11 heteroatoms. The Morgan fingerprint density at radius 1 is 1.00 bits per heavy atom. The van der Waals surface area contributed by atoms with Crippen molar-refractivity contribution in [3.05, 3.63) is 58.4 Å². The van der Waals surface area contributed by atoms with Crippen LogP contribution in [0.15, 0.2) is 35.2 Å². The topological polar surface area (TPSA) is 75.7 Å². The van der Waals surface area contributed by atoms with Crippen molar-refractivity contribution in [1.29, 1.82) is 0 Å². The second-order valence-electron chi connectivity index (χ2n) is 9.73. The molecule has 2 bridgehead atoms. The molecule has 3 aliphatic rings. The fraction of sp³-hybridized carbons (Fsp3) is 0.480. The average Bonchev–Trinajstić information content (AvgIpc) is 3.11. The summed E-state index contributed by atoms with van der Waals surface area (Å²) >= 11 is 6.29. The summed E-state index contributed by atoms with van der Waals surface area (Å²) in [6.45, 7) is 3.11. The fourth-order valence-electron chi connectivity index (χ4n) is 6.04. The molecular formula is C25H26ClF3N2O4S. The number of carbonyl (C=O) groups excluding carboxylic acids is 1. The Hall–Kier alpha value is -2.14. The van der Waals surface area contributed by atoms with Crippen LogP contribution in [-0.4, -0.2) is 56.8 Å². The van der Waals surface area contributed by atoms with Gasteiger partial charge >= 0.3 is 0 Å². The first kappa shape index (κ1) is 25.5.